The van der Waals surface area contributed by atoms with Gasteiger partial charge in [0.25, 0.3) is 0 Å². The summed E-state index contributed by atoms with van der Waals surface area (Å²) in [7, 11) is 0. The minimum atomic E-state index is -0.499. The Hall–Kier alpha value is -0.940. The molecular weight excluding hydrogens is 370 g/mol. The minimum Gasteiger partial charge on any atom is -0.390 e. The Balaban J connectivity index is 1.30. The summed E-state index contributed by atoms with van der Waals surface area (Å²) in [6.45, 7) is 2.76. The molecule has 0 spiro atoms. The maximum Gasteiger partial charge on any atom is 0.0818 e. The van der Waals surface area contributed by atoms with E-state index in [9.17, 15) is 5.11 Å². The van der Waals surface area contributed by atoms with E-state index in [4.69, 9.17) is 5.73 Å². The van der Waals surface area contributed by atoms with E-state index in [-0.39, 0.29) is 6.04 Å². The van der Waals surface area contributed by atoms with Crippen molar-refractivity contribution in [1.82, 2.24) is 10.6 Å². The van der Waals surface area contributed by atoms with Gasteiger partial charge in [-0.15, -0.1) is 0 Å². The highest BCUT2D eigenvalue weighted by molar-refractivity contribution is 5.16. The summed E-state index contributed by atoms with van der Waals surface area (Å²) < 4.78 is 0. The van der Waals surface area contributed by atoms with Crippen LogP contribution in [0.4, 0.5) is 0 Å². The van der Waals surface area contributed by atoms with Crippen molar-refractivity contribution in [1.29, 1.82) is 0 Å². The second-order valence-electron chi connectivity index (χ2n) is 9.81. The van der Waals surface area contributed by atoms with Gasteiger partial charge < -0.3 is 21.5 Å². The first-order chi connectivity index (χ1) is 14.7. The standard InChI is InChI=1S/C26H45N3O/c27-24(19-22-11-5-2-6-12-22)26(30)20-28-17-16-23-13-7-8-14-25(23)29-18-15-21-9-3-1-4-10-21/h2,5-6,11-12,21,23-26,28-30H,1,3-4,7-10,13-20,27H2/t23?,24-,25?,26+/m0/s1. The van der Waals surface area contributed by atoms with E-state index in [1.165, 1.54) is 82.7 Å². The van der Waals surface area contributed by atoms with Crippen LogP contribution >= 0.6 is 0 Å². The fourth-order valence-electron chi connectivity index (χ4n) is 5.48. The van der Waals surface area contributed by atoms with E-state index < -0.39 is 6.10 Å². The molecule has 2 saturated carbocycles. The Bertz CT molecular complexity index is 561. The van der Waals surface area contributed by atoms with Gasteiger partial charge in [0.1, 0.15) is 0 Å². The van der Waals surface area contributed by atoms with Crippen molar-refractivity contribution in [2.24, 2.45) is 17.6 Å². The number of aliphatic hydroxyl groups excluding tert-OH is 1. The van der Waals surface area contributed by atoms with Crippen LogP contribution in [0.2, 0.25) is 0 Å². The van der Waals surface area contributed by atoms with Crippen molar-refractivity contribution in [3.05, 3.63) is 35.9 Å². The zero-order valence-corrected chi connectivity index (χ0v) is 18.9. The van der Waals surface area contributed by atoms with Crippen LogP contribution in [0.3, 0.4) is 0 Å². The molecule has 30 heavy (non-hydrogen) atoms. The molecule has 0 saturated heterocycles. The van der Waals surface area contributed by atoms with Crippen molar-refractivity contribution in [2.75, 3.05) is 19.6 Å². The van der Waals surface area contributed by atoms with Crippen molar-refractivity contribution in [3.8, 4) is 0 Å². The fraction of sp³-hybridized carbons (Fsp3) is 0.769. The highest BCUT2D eigenvalue weighted by Crippen LogP contribution is 2.28. The predicted molar refractivity (Wildman–Crippen MR) is 127 cm³/mol. The lowest BCUT2D eigenvalue weighted by Gasteiger charge is -2.33. The third-order valence-corrected chi connectivity index (χ3v) is 7.45. The van der Waals surface area contributed by atoms with Crippen molar-refractivity contribution < 1.29 is 5.11 Å². The summed E-state index contributed by atoms with van der Waals surface area (Å²) >= 11 is 0. The molecule has 3 rings (SSSR count). The Kier molecular flexibility index (Phi) is 10.6. The smallest absolute Gasteiger partial charge is 0.0818 e. The number of hydrogen-bond donors (Lipinski definition) is 4. The lowest BCUT2D eigenvalue weighted by molar-refractivity contribution is 0.140. The molecule has 4 nitrogen and oxygen atoms in total. The molecule has 0 aromatic heterocycles. The van der Waals surface area contributed by atoms with Crippen LogP contribution in [0.1, 0.15) is 76.2 Å². The molecule has 1 aromatic rings. The quantitative estimate of drug-likeness (QED) is 0.389. The monoisotopic (exact) mass is 415 g/mol. The van der Waals surface area contributed by atoms with Gasteiger partial charge in [-0.05, 0) is 62.6 Å². The molecule has 5 N–H and O–H groups in total. The molecule has 0 amide bonds. The van der Waals surface area contributed by atoms with E-state index >= 15 is 0 Å². The van der Waals surface area contributed by atoms with Crippen LogP contribution in [0.25, 0.3) is 0 Å². The molecule has 2 unspecified atom stereocenters. The molecule has 0 heterocycles. The van der Waals surface area contributed by atoms with Crippen molar-refractivity contribution >= 4 is 0 Å². The van der Waals surface area contributed by atoms with Crippen molar-refractivity contribution in [3.63, 3.8) is 0 Å². The van der Waals surface area contributed by atoms with Gasteiger partial charge >= 0.3 is 0 Å². The first kappa shape index (κ1) is 23.7. The number of aliphatic hydroxyl groups is 1. The molecule has 0 aliphatic heterocycles. The number of nitrogens with two attached hydrogens (primary N) is 1. The number of benzene rings is 1. The highest BCUT2D eigenvalue weighted by atomic mass is 16.3. The highest BCUT2D eigenvalue weighted by Gasteiger charge is 2.25. The summed E-state index contributed by atoms with van der Waals surface area (Å²) in [6.07, 6.45) is 15.5. The number of rotatable bonds is 12. The average Bonchev–Trinajstić information content (AvgIpc) is 2.79. The van der Waals surface area contributed by atoms with Gasteiger partial charge in [-0.25, -0.2) is 0 Å². The van der Waals surface area contributed by atoms with Crippen LogP contribution in [0.15, 0.2) is 30.3 Å². The van der Waals surface area contributed by atoms with E-state index in [0.717, 1.165) is 24.8 Å². The van der Waals surface area contributed by atoms with Gasteiger partial charge in [-0.1, -0.05) is 75.3 Å². The molecule has 2 aliphatic rings. The fourth-order valence-corrected chi connectivity index (χ4v) is 5.48. The Morgan fingerprint density at radius 1 is 0.900 bits per heavy atom. The zero-order valence-electron chi connectivity index (χ0n) is 18.9. The van der Waals surface area contributed by atoms with Gasteiger partial charge in [0, 0.05) is 18.6 Å². The normalized spacial score (nSPS) is 25.1. The largest absolute Gasteiger partial charge is 0.390 e. The van der Waals surface area contributed by atoms with Gasteiger partial charge in [0.05, 0.1) is 6.10 Å². The molecule has 2 fully saturated rings. The summed E-state index contributed by atoms with van der Waals surface area (Å²) in [6, 6.07) is 10.7. The molecule has 4 heteroatoms. The molecule has 1 aromatic carbocycles. The van der Waals surface area contributed by atoms with Gasteiger partial charge in [0.15, 0.2) is 0 Å². The summed E-state index contributed by atoms with van der Waals surface area (Å²) in [5.74, 6) is 1.74. The van der Waals surface area contributed by atoms with E-state index in [0.29, 0.717) is 12.6 Å². The Labute approximate surface area is 184 Å². The summed E-state index contributed by atoms with van der Waals surface area (Å²) in [5, 5.41) is 17.8. The molecule has 4 atom stereocenters. The first-order valence-corrected chi connectivity index (χ1v) is 12.6. The lowest BCUT2D eigenvalue weighted by Crippen LogP contribution is -2.44. The lowest BCUT2D eigenvalue weighted by atomic mass is 9.82. The van der Waals surface area contributed by atoms with E-state index in [2.05, 4.69) is 22.8 Å². The van der Waals surface area contributed by atoms with Crippen LogP contribution < -0.4 is 16.4 Å². The molecular formula is C26H45N3O. The molecule has 170 valence electrons. The number of hydrogen-bond acceptors (Lipinski definition) is 4. The predicted octanol–water partition coefficient (Wildman–Crippen LogP) is 4.02. The molecule has 2 aliphatic carbocycles. The topological polar surface area (TPSA) is 70.3 Å². The molecule has 0 radical (unpaired) electrons. The SMILES string of the molecule is N[C@@H](Cc1ccccc1)[C@H](O)CNCCC1CCCCC1NCCC1CCCCC1. The Morgan fingerprint density at radius 2 is 1.63 bits per heavy atom. The van der Waals surface area contributed by atoms with Crippen LogP contribution in [-0.2, 0) is 6.42 Å². The first-order valence-electron chi connectivity index (χ1n) is 12.6. The summed E-state index contributed by atoms with van der Waals surface area (Å²) in [5.41, 5.74) is 7.40. The molecule has 0 bridgehead atoms. The van der Waals surface area contributed by atoms with E-state index in [1.54, 1.807) is 0 Å². The Morgan fingerprint density at radius 3 is 2.43 bits per heavy atom. The van der Waals surface area contributed by atoms with Crippen LogP contribution in [0, 0.1) is 11.8 Å². The zero-order chi connectivity index (χ0) is 21.0. The van der Waals surface area contributed by atoms with Gasteiger partial charge in [0.2, 0.25) is 0 Å². The maximum absolute atomic E-state index is 10.4. The second kappa shape index (κ2) is 13.5. The van der Waals surface area contributed by atoms with Crippen LogP contribution in [0.5, 0.6) is 0 Å². The van der Waals surface area contributed by atoms with Crippen LogP contribution in [-0.4, -0.2) is 42.9 Å². The van der Waals surface area contributed by atoms with Crippen molar-refractivity contribution in [2.45, 2.75) is 95.2 Å². The van der Waals surface area contributed by atoms with Gasteiger partial charge in [-0.3, -0.25) is 0 Å². The van der Waals surface area contributed by atoms with Gasteiger partial charge in [-0.2, -0.15) is 0 Å². The van der Waals surface area contributed by atoms with E-state index in [1.807, 2.05) is 18.2 Å². The average molecular weight is 416 g/mol. The third-order valence-electron chi connectivity index (χ3n) is 7.45. The number of nitrogens with one attached hydrogen (secondary N) is 2. The summed E-state index contributed by atoms with van der Waals surface area (Å²) in [4.78, 5) is 0. The third kappa shape index (κ3) is 8.30. The minimum absolute atomic E-state index is 0.219. The second-order valence-corrected chi connectivity index (χ2v) is 9.81. The maximum atomic E-state index is 10.4.